The number of carbonyl (C=O) groups is 1. The first-order valence-corrected chi connectivity index (χ1v) is 3.91. The largest absolute Gasteiger partial charge is 0.484 e. The minimum atomic E-state index is -4.43. The molecule has 0 aliphatic rings. The second-order valence-corrected chi connectivity index (χ2v) is 2.74. The van der Waals surface area contributed by atoms with Crippen molar-refractivity contribution >= 4 is 5.97 Å². The van der Waals surface area contributed by atoms with Crippen LogP contribution in [0.3, 0.4) is 0 Å². The molecule has 0 amide bonds. The molecule has 0 aliphatic heterocycles. The van der Waals surface area contributed by atoms with Crippen molar-refractivity contribution < 1.29 is 27.8 Å². The van der Waals surface area contributed by atoms with Gasteiger partial charge >= 0.3 is 12.1 Å². The number of benzene rings is 1. The Kier molecular flexibility index (Phi) is 3.18. The van der Waals surface area contributed by atoms with Gasteiger partial charge in [-0.05, 0) is 18.2 Å². The topological polar surface area (TPSA) is 46.5 Å². The molecule has 6 heteroatoms. The maximum Gasteiger partial charge on any atom is 0.422 e. The Morgan fingerprint density at radius 1 is 1.40 bits per heavy atom. The van der Waals surface area contributed by atoms with E-state index in [1.165, 1.54) is 18.2 Å². The van der Waals surface area contributed by atoms with Crippen LogP contribution in [0.4, 0.5) is 13.2 Å². The summed E-state index contributed by atoms with van der Waals surface area (Å²) in [7, 11) is 0. The van der Waals surface area contributed by atoms with Crippen molar-refractivity contribution in [1.29, 1.82) is 0 Å². The fourth-order valence-electron chi connectivity index (χ4n) is 0.884. The molecule has 0 bridgehead atoms. The highest BCUT2D eigenvalue weighted by atomic mass is 19.4. The van der Waals surface area contributed by atoms with E-state index in [1.807, 2.05) is 0 Å². The van der Waals surface area contributed by atoms with Crippen molar-refractivity contribution in [3.8, 4) is 5.75 Å². The van der Waals surface area contributed by atoms with Gasteiger partial charge < -0.3 is 9.84 Å². The van der Waals surface area contributed by atoms with Crippen LogP contribution in [0.25, 0.3) is 0 Å². The van der Waals surface area contributed by atoms with E-state index in [0.29, 0.717) is 0 Å². The van der Waals surface area contributed by atoms with E-state index in [1.54, 1.807) is 0 Å². The Balaban J connectivity index is 2.70. The second-order valence-electron chi connectivity index (χ2n) is 2.74. The highest BCUT2D eigenvalue weighted by molar-refractivity contribution is 5.87. The summed E-state index contributed by atoms with van der Waals surface area (Å²) in [4.78, 5) is 10.5. The molecule has 0 unspecified atom stereocenters. The zero-order chi connectivity index (χ0) is 11.5. The summed E-state index contributed by atoms with van der Waals surface area (Å²) in [6, 6.07) is 4.88. The quantitative estimate of drug-likeness (QED) is 0.850. The standard InChI is InChI=1S/C9H7F3O3/c10-9(11,12)5-15-7-3-1-2-6(4-7)8(13)14/h1-4H,5H2,(H,13,14). The lowest BCUT2D eigenvalue weighted by atomic mass is 10.2. The molecule has 3 nitrogen and oxygen atoms in total. The van der Waals surface area contributed by atoms with Gasteiger partial charge in [-0.25, -0.2) is 4.79 Å². The maximum atomic E-state index is 11.8. The summed E-state index contributed by atoms with van der Waals surface area (Å²) >= 11 is 0. The van der Waals surface area contributed by atoms with E-state index in [2.05, 4.69) is 4.74 Å². The van der Waals surface area contributed by atoms with Gasteiger partial charge in [-0.15, -0.1) is 0 Å². The predicted molar refractivity (Wildman–Crippen MR) is 45.0 cm³/mol. The first kappa shape index (κ1) is 11.4. The Hall–Kier alpha value is -1.72. The number of halogens is 3. The molecule has 1 aromatic rings. The fraction of sp³-hybridized carbons (Fsp3) is 0.222. The third-order valence-corrected chi connectivity index (χ3v) is 1.48. The van der Waals surface area contributed by atoms with Crippen molar-refractivity contribution in [1.82, 2.24) is 0 Å². The number of ether oxygens (including phenoxy) is 1. The normalized spacial score (nSPS) is 11.1. The van der Waals surface area contributed by atoms with E-state index in [9.17, 15) is 18.0 Å². The van der Waals surface area contributed by atoms with Gasteiger partial charge in [0.15, 0.2) is 6.61 Å². The molecule has 0 heterocycles. The van der Waals surface area contributed by atoms with E-state index >= 15 is 0 Å². The molecule has 0 fully saturated rings. The van der Waals surface area contributed by atoms with Gasteiger partial charge in [-0.1, -0.05) is 6.07 Å². The number of hydrogen-bond donors (Lipinski definition) is 1. The Morgan fingerprint density at radius 2 is 2.07 bits per heavy atom. The summed E-state index contributed by atoms with van der Waals surface area (Å²) in [5.41, 5.74) is -0.116. The monoisotopic (exact) mass is 220 g/mol. The molecule has 1 N–H and O–H groups in total. The number of hydrogen-bond acceptors (Lipinski definition) is 2. The van der Waals surface area contributed by atoms with Crippen LogP contribution in [0.15, 0.2) is 24.3 Å². The highest BCUT2D eigenvalue weighted by Gasteiger charge is 2.28. The van der Waals surface area contributed by atoms with Crippen LogP contribution in [0.1, 0.15) is 10.4 Å². The number of aromatic carboxylic acids is 1. The highest BCUT2D eigenvalue weighted by Crippen LogP contribution is 2.19. The molecule has 82 valence electrons. The molecule has 15 heavy (non-hydrogen) atoms. The first-order valence-electron chi connectivity index (χ1n) is 3.91. The van der Waals surface area contributed by atoms with Crippen LogP contribution >= 0.6 is 0 Å². The molecular weight excluding hydrogens is 213 g/mol. The SMILES string of the molecule is O=C(O)c1cccc(OCC(F)(F)F)c1. The van der Waals surface area contributed by atoms with Crippen molar-refractivity contribution in [2.24, 2.45) is 0 Å². The molecule has 0 aliphatic carbocycles. The third kappa shape index (κ3) is 3.88. The van der Waals surface area contributed by atoms with E-state index in [0.717, 1.165) is 6.07 Å². The lowest BCUT2D eigenvalue weighted by Gasteiger charge is -2.09. The van der Waals surface area contributed by atoms with Crippen LogP contribution in [-0.4, -0.2) is 23.9 Å². The fourth-order valence-corrected chi connectivity index (χ4v) is 0.884. The maximum absolute atomic E-state index is 11.8. The zero-order valence-corrected chi connectivity index (χ0v) is 7.41. The van der Waals surface area contributed by atoms with Crippen LogP contribution in [0, 0.1) is 0 Å². The van der Waals surface area contributed by atoms with Crippen LogP contribution < -0.4 is 4.74 Å². The Morgan fingerprint density at radius 3 is 2.60 bits per heavy atom. The molecule has 0 saturated heterocycles. The number of carboxylic acids is 1. The minimum absolute atomic E-state index is 0.116. The molecule has 1 rings (SSSR count). The van der Waals surface area contributed by atoms with Gasteiger partial charge in [0.25, 0.3) is 0 Å². The van der Waals surface area contributed by atoms with Gasteiger partial charge in [0.2, 0.25) is 0 Å². The van der Waals surface area contributed by atoms with Crippen molar-refractivity contribution in [3.05, 3.63) is 29.8 Å². The van der Waals surface area contributed by atoms with Crippen molar-refractivity contribution in [2.45, 2.75) is 6.18 Å². The summed E-state index contributed by atoms with van der Waals surface area (Å²) in [6.07, 6.45) is -4.43. The smallest absolute Gasteiger partial charge is 0.422 e. The van der Waals surface area contributed by atoms with Crippen LogP contribution in [0.2, 0.25) is 0 Å². The molecule has 0 saturated carbocycles. The number of carboxylic acid groups (broad SMARTS) is 1. The van der Waals surface area contributed by atoms with Crippen LogP contribution in [0.5, 0.6) is 5.75 Å². The van der Waals surface area contributed by atoms with Gasteiger partial charge in [0.05, 0.1) is 5.56 Å². The summed E-state index contributed by atoms with van der Waals surface area (Å²) < 4.78 is 39.7. The number of alkyl halides is 3. The van der Waals surface area contributed by atoms with Crippen molar-refractivity contribution in [2.75, 3.05) is 6.61 Å². The Labute approximate surface area is 83.1 Å². The minimum Gasteiger partial charge on any atom is -0.484 e. The van der Waals surface area contributed by atoms with Gasteiger partial charge in [0.1, 0.15) is 5.75 Å². The van der Waals surface area contributed by atoms with E-state index in [4.69, 9.17) is 5.11 Å². The lowest BCUT2D eigenvalue weighted by molar-refractivity contribution is -0.153. The molecule has 0 radical (unpaired) electrons. The zero-order valence-electron chi connectivity index (χ0n) is 7.41. The second kappa shape index (κ2) is 4.20. The van der Waals surface area contributed by atoms with E-state index < -0.39 is 18.8 Å². The summed E-state index contributed by atoms with van der Waals surface area (Å²) in [5, 5.41) is 8.56. The number of rotatable bonds is 3. The average Bonchev–Trinajstić information content (AvgIpc) is 2.14. The summed E-state index contributed by atoms with van der Waals surface area (Å²) in [6.45, 7) is -1.43. The van der Waals surface area contributed by atoms with Crippen molar-refractivity contribution in [3.63, 3.8) is 0 Å². The Bertz CT molecular complexity index is 360. The van der Waals surface area contributed by atoms with Gasteiger partial charge in [-0.2, -0.15) is 13.2 Å². The molecule has 0 spiro atoms. The van der Waals surface area contributed by atoms with Gasteiger partial charge in [0, 0.05) is 0 Å². The summed E-state index contributed by atoms with van der Waals surface area (Å²) in [5.74, 6) is -1.33. The molecule has 1 aromatic carbocycles. The lowest BCUT2D eigenvalue weighted by Crippen LogP contribution is -2.19. The van der Waals surface area contributed by atoms with Gasteiger partial charge in [-0.3, -0.25) is 0 Å². The van der Waals surface area contributed by atoms with Crippen LogP contribution in [-0.2, 0) is 0 Å². The predicted octanol–water partition coefficient (Wildman–Crippen LogP) is 2.33. The van der Waals surface area contributed by atoms with E-state index in [-0.39, 0.29) is 11.3 Å². The third-order valence-electron chi connectivity index (χ3n) is 1.48. The average molecular weight is 220 g/mol. The molecular formula is C9H7F3O3. The first-order chi connectivity index (χ1) is 6.88. The molecule has 0 atom stereocenters. The molecule has 0 aromatic heterocycles.